The molecule has 0 bridgehead atoms. The molecule has 1 aromatic heterocycles. The Morgan fingerprint density at radius 1 is 1.07 bits per heavy atom. The lowest BCUT2D eigenvalue weighted by atomic mass is 10.0. The Morgan fingerprint density at radius 3 is 2.41 bits per heavy atom. The van der Waals surface area contributed by atoms with Crippen LogP contribution in [0.15, 0.2) is 58.1 Å². The van der Waals surface area contributed by atoms with Crippen molar-refractivity contribution in [2.24, 2.45) is 4.99 Å². The second-order valence-corrected chi connectivity index (χ2v) is 7.25. The summed E-state index contributed by atoms with van der Waals surface area (Å²) in [4.78, 5) is 6.84. The molecule has 0 radical (unpaired) electrons. The summed E-state index contributed by atoms with van der Waals surface area (Å²) in [6.45, 7) is 3.63. The zero-order valence-electron chi connectivity index (χ0n) is 17.1. The molecule has 2 aromatic rings. The van der Waals surface area contributed by atoms with Gasteiger partial charge >= 0.3 is 0 Å². The summed E-state index contributed by atoms with van der Waals surface area (Å²) in [5.41, 5.74) is 1.12. The maximum atomic E-state index is 9.76. The minimum absolute atomic E-state index is 0. The van der Waals surface area contributed by atoms with Gasteiger partial charge in [-0.25, -0.2) is 0 Å². The number of hydrogen-bond donors (Lipinski definition) is 3. The molecule has 2 atom stereocenters. The van der Waals surface area contributed by atoms with E-state index in [9.17, 15) is 5.11 Å². The van der Waals surface area contributed by atoms with Crippen molar-refractivity contribution in [2.75, 3.05) is 39.8 Å². The van der Waals surface area contributed by atoms with Gasteiger partial charge in [-0.2, -0.15) is 0 Å². The molecule has 2 heterocycles. The van der Waals surface area contributed by atoms with Gasteiger partial charge in [0.25, 0.3) is 0 Å². The van der Waals surface area contributed by atoms with Gasteiger partial charge in [-0.3, -0.25) is 9.89 Å². The monoisotopic (exact) mass is 512 g/mol. The summed E-state index contributed by atoms with van der Waals surface area (Å²) >= 11 is 0. The summed E-state index contributed by atoms with van der Waals surface area (Å²) < 4.78 is 5.71. The maximum absolute atomic E-state index is 9.76. The molecular weight excluding hydrogens is 479 g/mol. The molecule has 7 heteroatoms. The van der Waals surface area contributed by atoms with Gasteiger partial charge in [-0.1, -0.05) is 36.8 Å². The van der Waals surface area contributed by atoms with Crippen LogP contribution in [0.25, 0.3) is 0 Å². The van der Waals surface area contributed by atoms with Gasteiger partial charge in [0.1, 0.15) is 5.76 Å². The van der Waals surface area contributed by atoms with Crippen LogP contribution in [-0.2, 0) is 0 Å². The molecule has 1 saturated heterocycles. The van der Waals surface area contributed by atoms with Crippen molar-refractivity contribution in [3.05, 3.63) is 60.1 Å². The number of nitrogens with zero attached hydrogens (tertiary/aromatic N) is 2. The molecule has 1 aliphatic rings. The van der Waals surface area contributed by atoms with E-state index >= 15 is 0 Å². The van der Waals surface area contributed by atoms with E-state index in [1.165, 1.54) is 19.3 Å². The van der Waals surface area contributed by atoms with E-state index in [2.05, 4.69) is 20.5 Å². The van der Waals surface area contributed by atoms with Crippen LogP contribution in [-0.4, -0.2) is 55.8 Å². The first-order chi connectivity index (χ1) is 13.8. The highest BCUT2D eigenvalue weighted by molar-refractivity contribution is 14.0. The molecule has 3 N–H and O–H groups in total. The number of nitrogens with one attached hydrogen (secondary N) is 2. The van der Waals surface area contributed by atoms with Crippen molar-refractivity contribution in [1.29, 1.82) is 0 Å². The number of guanidine groups is 1. The predicted octanol–water partition coefficient (Wildman–Crippen LogP) is 3.37. The normalized spacial score (nSPS) is 17.2. The van der Waals surface area contributed by atoms with Gasteiger partial charge in [-0.15, -0.1) is 24.0 Å². The Morgan fingerprint density at radius 2 is 1.79 bits per heavy atom. The van der Waals surface area contributed by atoms with Crippen LogP contribution in [0.2, 0.25) is 0 Å². The number of benzene rings is 1. The van der Waals surface area contributed by atoms with Crippen LogP contribution in [0.5, 0.6) is 0 Å². The van der Waals surface area contributed by atoms with Gasteiger partial charge < -0.3 is 20.2 Å². The van der Waals surface area contributed by atoms with Crippen molar-refractivity contribution in [1.82, 2.24) is 15.5 Å². The van der Waals surface area contributed by atoms with Crippen LogP contribution in [0.3, 0.4) is 0 Å². The zero-order valence-corrected chi connectivity index (χ0v) is 19.4. The average Bonchev–Trinajstić information content (AvgIpc) is 3.29. The molecule has 6 nitrogen and oxygen atoms in total. The highest BCUT2D eigenvalue weighted by atomic mass is 127. The molecule has 1 aromatic carbocycles. The minimum atomic E-state index is 0. The van der Waals surface area contributed by atoms with E-state index in [-0.39, 0.29) is 42.5 Å². The van der Waals surface area contributed by atoms with E-state index < -0.39 is 0 Å². The van der Waals surface area contributed by atoms with Crippen molar-refractivity contribution >= 4 is 29.9 Å². The van der Waals surface area contributed by atoms with Gasteiger partial charge in [0.15, 0.2) is 5.96 Å². The molecule has 1 fully saturated rings. The van der Waals surface area contributed by atoms with Crippen LogP contribution in [0, 0.1) is 0 Å². The second-order valence-electron chi connectivity index (χ2n) is 7.25. The number of piperidine rings is 1. The van der Waals surface area contributed by atoms with E-state index in [0.717, 1.165) is 36.9 Å². The zero-order chi connectivity index (χ0) is 19.6. The first-order valence-electron chi connectivity index (χ1n) is 10.2. The Hall–Kier alpha value is -1.58. The molecule has 0 spiro atoms. The summed E-state index contributed by atoms with van der Waals surface area (Å²) in [6.07, 6.45) is 5.52. The Bertz CT molecular complexity index is 703. The van der Waals surface area contributed by atoms with Crippen molar-refractivity contribution in [3.63, 3.8) is 0 Å². The molecule has 29 heavy (non-hydrogen) atoms. The number of hydrogen-bond acceptors (Lipinski definition) is 4. The summed E-state index contributed by atoms with van der Waals surface area (Å²) in [5.74, 6) is 1.76. The van der Waals surface area contributed by atoms with Gasteiger partial charge in [0.2, 0.25) is 0 Å². The number of aliphatic imine (C=N–C) groups is 1. The average molecular weight is 512 g/mol. The van der Waals surface area contributed by atoms with E-state index in [1.807, 2.05) is 42.5 Å². The number of halogens is 1. The van der Waals surface area contributed by atoms with E-state index in [1.54, 1.807) is 13.3 Å². The number of rotatable bonds is 8. The smallest absolute Gasteiger partial charge is 0.191 e. The fourth-order valence-corrected chi connectivity index (χ4v) is 3.77. The number of aliphatic hydroxyl groups excluding tert-OH is 1. The number of likely N-dealkylation sites (tertiary alicyclic amines) is 1. The predicted molar refractivity (Wildman–Crippen MR) is 128 cm³/mol. The summed E-state index contributed by atoms with van der Waals surface area (Å²) in [5, 5.41) is 16.6. The first kappa shape index (κ1) is 23.7. The highest BCUT2D eigenvalue weighted by Gasteiger charge is 2.24. The third-order valence-electron chi connectivity index (χ3n) is 5.40. The Balaban J connectivity index is 0.00000300. The first-order valence-corrected chi connectivity index (χ1v) is 10.2. The third kappa shape index (κ3) is 7.01. The fraction of sp³-hybridized carbons (Fsp3) is 0.500. The van der Waals surface area contributed by atoms with Gasteiger partial charge in [0.05, 0.1) is 18.9 Å². The molecule has 0 saturated carbocycles. The molecule has 3 rings (SSSR count). The van der Waals surface area contributed by atoms with Crippen molar-refractivity contribution in [3.8, 4) is 0 Å². The van der Waals surface area contributed by atoms with Crippen molar-refractivity contribution < 1.29 is 9.52 Å². The second kappa shape index (κ2) is 12.9. The fourth-order valence-electron chi connectivity index (χ4n) is 3.77. The molecule has 160 valence electrons. The molecule has 1 aliphatic heterocycles. The van der Waals surface area contributed by atoms with Crippen molar-refractivity contribution in [2.45, 2.75) is 31.2 Å². The van der Waals surface area contributed by atoms with E-state index in [0.29, 0.717) is 6.54 Å². The van der Waals surface area contributed by atoms with E-state index in [4.69, 9.17) is 4.42 Å². The standard InChI is InChI=1S/C22H32N4O2.HI/c1-23-22(24-15-19(17-27)18-9-4-2-5-10-18)25-16-20(21-11-8-14-28-21)26-12-6-3-7-13-26;/h2,4-5,8-11,14,19-20,27H,3,6-7,12-13,15-17H2,1H3,(H2,23,24,25);1H. The topological polar surface area (TPSA) is 73.0 Å². The Kier molecular flexibility index (Phi) is 10.5. The molecule has 2 unspecified atom stereocenters. The largest absolute Gasteiger partial charge is 0.468 e. The molecule has 0 aliphatic carbocycles. The number of aliphatic hydroxyl groups is 1. The summed E-state index contributed by atoms with van der Waals surface area (Å²) in [6, 6.07) is 14.3. The molecule has 0 amide bonds. The maximum Gasteiger partial charge on any atom is 0.191 e. The van der Waals surface area contributed by atoms with Gasteiger partial charge in [-0.05, 0) is 43.6 Å². The minimum Gasteiger partial charge on any atom is -0.468 e. The lowest BCUT2D eigenvalue weighted by Crippen LogP contribution is -2.45. The Labute approximate surface area is 190 Å². The quantitative estimate of drug-likeness (QED) is 0.288. The lowest BCUT2D eigenvalue weighted by molar-refractivity contribution is 0.146. The van der Waals surface area contributed by atoms with Crippen LogP contribution in [0.1, 0.15) is 42.5 Å². The molecular formula is C22H33IN4O2. The van der Waals surface area contributed by atoms with Gasteiger partial charge in [0, 0.05) is 26.1 Å². The third-order valence-corrected chi connectivity index (χ3v) is 5.40. The number of furan rings is 1. The lowest BCUT2D eigenvalue weighted by Gasteiger charge is -2.33. The van der Waals surface area contributed by atoms with Crippen LogP contribution >= 0.6 is 24.0 Å². The summed E-state index contributed by atoms with van der Waals surface area (Å²) in [7, 11) is 1.77. The van der Waals surface area contributed by atoms with Crippen LogP contribution < -0.4 is 10.6 Å². The van der Waals surface area contributed by atoms with Crippen LogP contribution in [0.4, 0.5) is 0 Å². The highest BCUT2D eigenvalue weighted by Crippen LogP contribution is 2.24. The SMILES string of the molecule is CN=C(NCC(CO)c1ccccc1)NCC(c1ccco1)N1CCCCC1.I.